The van der Waals surface area contributed by atoms with Crippen LogP contribution in [0.4, 0.5) is 15.9 Å². The SMILES string of the molecule is CCc1c(F)ccc2cc(OCOC)cc(N3CCc4c(nc(OC[C@]56CCCN5[C@H](CO[Si](c5ccccc5)(c5ccccc5)C(C)(C)C)CC6)nc4N4CCC[C@@](C)(O)C4)C3)c12. The Morgan fingerprint density at radius 2 is 1.61 bits per heavy atom. The van der Waals surface area contributed by atoms with Crippen LogP contribution in [0.1, 0.15) is 90.0 Å². The lowest BCUT2D eigenvalue weighted by Gasteiger charge is -2.44. The Labute approximate surface area is 379 Å². The van der Waals surface area contributed by atoms with E-state index < -0.39 is 13.9 Å². The summed E-state index contributed by atoms with van der Waals surface area (Å²) in [4.78, 5) is 17.6. The maximum absolute atomic E-state index is 15.5. The number of nitrogens with zero attached hydrogens (tertiary/aromatic N) is 5. The third-order valence-electron chi connectivity index (χ3n) is 14.6. The van der Waals surface area contributed by atoms with Gasteiger partial charge in [-0.1, -0.05) is 94.4 Å². The van der Waals surface area contributed by atoms with E-state index in [-0.39, 0.29) is 29.2 Å². The number of aliphatic hydroxyl groups is 1. The number of β-amino-alcohol motifs (C(OH)–C–C–N with tert-alkyl or cyclic N) is 1. The molecule has 10 nitrogen and oxygen atoms in total. The topological polar surface area (TPSA) is 92.7 Å². The Morgan fingerprint density at radius 1 is 0.875 bits per heavy atom. The van der Waals surface area contributed by atoms with E-state index in [1.54, 1.807) is 13.2 Å². The number of hydrogen-bond acceptors (Lipinski definition) is 10. The van der Waals surface area contributed by atoms with E-state index in [1.807, 2.05) is 32.0 Å². The molecule has 4 aliphatic rings. The van der Waals surface area contributed by atoms with E-state index >= 15 is 4.39 Å². The highest BCUT2D eigenvalue weighted by Crippen LogP contribution is 2.45. The molecule has 4 aliphatic heterocycles. The second-order valence-electron chi connectivity index (χ2n) is 19.9. The maximum Gasteiger partial charge on any atom is 0.318 e. The van der Waals surface area contributed by atoms with Gasteiger partial charge in [0.15, 0.2) is 6.79 Å². The normalized spacial score (nSPS) is 22.8. The molecule has 5 heterocycles. The summed E-state index contributed by atoms with van der Waals surface area (Å²) in [6.45, 7) is 15.7. The van der Waals surface area contributed by atoms with Crippen LogP contribution in [0.3, 0.4) is 0 Å². The minimum absolute atomic E-state index is 0.0966. The number of anilines is 2. The fourth-order valence-electron chi connectivity index (χ4n) is 11.6. The average Bonchev–Trinajstić information content (AvgIpc) is 3.86. The Kier molecular flexibility index (Phi) is 12.5. The lowest BCUT2D eigenvalue weighted by molar-refractivity contribution is 0.0444. The van der Waals surface area contributed by atoms with Crippen LogP contribution < -0.4 is 29.6 Å². The first-order valence-electron chi connectivity index (χ1n) is 23.5. The highest BCUT2D eigenvalue weighted by Gasteiger charge is 2.54. The molecule has 4 aromatic carbocycles. The first-order chi connectivity index (χ1) is 30.8. The highest BCUT2D eigenvalue weighted by atomic mass is 28.4. The van der Waals surface area contributed by atoms with Crippen LogP contribution in [0.5, 0.6) is 11.8 Å². The molecule has 1 N–H and O–H groups in total. The van der Waals surface area contributed by atoms with Crippen molar-refractivity contribution >= 4 is 41.0 Å². The van der Waals surface area contributed by atoms with Gasteiger partial charge in [-0.05, 0) is 103 Å². The zero-order valence-electron chi connectivity index (χ0n) is 38.7. The van der Waals surface area contributed by atoms with E-state index in [4.69, 9.17) is 28.6 Å². The van der Waals surface area contributed by atoms with Gasteiger partial charge in [0, 0.05) is 55.5 Å². The molecule has 3 atom stereocenters. The third kappa shape index (κ3) is 8.41. The first-order valence-corrected chi connectivity index (χ1v) is 25.4. The van der Waals surface area contributed by atoms with E-state index in [1.165, 1.54) is 10.4 Å². The second kappa shape index (κ2) is 18.0. The highest BCUT2D eigenvalue weighted by molar-refractivity contribution is 6.99. The molecule has 12 heteroatoms. The number of ether oxygens (including phenoxy) is 3. The summed E-state index contributed by atoms with van der Waals surface area (Å²) < 4.78 is 41.1. The lowest BCUT2D eigenvalue weighted by Crippen LogP contribution is -2.67. The first kappa shape index (κ1) is 44.6. The largest absolute Gasteiger partial charge is 0.467 e. The Balaban J connectivity index is 1.01. The second-order valence-corrected chi connectivity index (χ2v) is 24.2. The predicted octanol–water partition coefficient (Wildman–Crippen LogP) is 8.18. The number of halogens is 1. The van der Waals surface area contributed by atoms with Gasteiger partial charge < -0.3 is 33.5 Å². The molecule has 0 saturated carbocycles. The fraction of sp³-hybridized carbons (Fsp3) is 0.500. The molecule has 0 amide bonds. The van der Waals surface area contributed by atoms with Crippen molar-refractivity contribution in [3.05, 3.63) is 108 Å². The van der Waals surface area contributed by atoms with Gasteiger partial charge in [-0.2, -0.15) is 9.97 Å². The molecule has 5 aromatic rings. The zero-order valence-corrected chi connectivity index (χ0v) is 39.7. The van der Waals surface area contributed by atoms with Crippen LogP contribution in [-0.4, -0.2) is 98.8 Å². The number of piperidine rings is 1. The molecule has 0 unspecified atom stereocenters. The molecular formula is C52H66FN5O5Si. The Morgan fingerprint density at radius 3 is 2.30 bits per heavy atom. The van der Waals surface area contributed by atoms with E-state index in [0.29, 0.717) is 63.0 Å². The third-order valence-corrected chi connectivity index (χ3v) is 19.6. The van der Waals surface area contributed by atoms with Crippen molar-refractivity contribution in [3.8, 4) is 11.8 Å². The van der Waals surface area contributed by atoms with Crippen LogP contribution >= 0.6 is 0 Å². The van der Waals surface area contributed by atoms with Gasteiger partial charge in [0.1, 0.15) is 24.0 Å². The van der Waals surface area contributed by atoms with Crippen molar-refractivity contribution in [3.63, 3.8) is 0 Å². The lowest BCUT2D eigenvalue weighted by atomic mass is 9.94. The number of aryl methyl sites for hydroxylation is 1. The molecule has 0 bridgehead atoms. The maximum atomic E-state index is 15.5. The van der Waals surface area contributed by atoms with E-state index in [0.717, 1.165) is 85.1 Å². The van der Waals surface area contributed by atoms with Crippen LogP contribution in [-0.2, 0) is 28.5 Å². The monoisotopic (exact) mass is 887 g/mol. The quantitative estimate of drug-likeness (QED) is 0.0870. The number of methoxy groups -OCH3 is 1. The van der Waals surface area contributed by atoms with E-state index in [9.17, 15) is 5.11 Å². The summed E-state index contributed by atoms with van der Waals surface area (Å²) in [5.74, 6) is 1.31. The van der Waals surface area contributed by atoms with Crippen LogP contribution in [0, 0.1) is 5.82 Å². The summed E-state index contributed by atoms with van der Waals surface area (Å²) >= 11 is 0. The molecular weight excluding hydrogens is 822 g/mol. The van der Waals surface area contributed by atoms with Crippen molar-refractivity contribution in [2.75, 3.05) is 63.1 Å². The van der Waals surface area contributed by atoms with Crippen molar-refractivity contribution < 1.29 is 28.1 Å². The Hall–Kier alpha value is -4.59. The summed E-state index contributed by atoms with van der Waals surface area (Å²) in [7, 11) is -1.10. The predicted molar refractivity (Wildman–Crippen MR) is 255 cm³/mol. The average molecular weight is 888 g/mol. The molecule has 3 saturated heterocycles. The van der Waals surface area contributed by atoms with Gasteiger partial charge in [-0.25, -0.2) is 4.39 Å². The van der Waals surface area contributed by atoms with Gasteiger partial charge in [0.2, 0.25) is 0 Å². The number of rotatable bonds is 14. The molecule has 0 spiro atoms. The number of benzene rings is 4. The molecule has 340 valence electrons. The number of hydrogen-bond donors (Lipinski definition) is 1. The molecule has 0 aliphatic carbocycles. The minimum Gasteiger partial charge on any atom is -0.467 e. The van der Waals surface area contributed by atoms with Crippen molar-refractivity contribution in [2.45, 2.75) is 115 Å². The summed E-state index contributed by atoms with van der Waals surface area (Å²) in [5, 5.41) is 15.6. The molecule has 1 aromatic heterocycles. The van der Waals surface area contributed by atoms with Gasteiger partial charge in [0.05, 0.1) is 30.0 Å². The minimum atomic E-state index is -2.70. The van der Waals surface area contributed by atoms with Crippen LogP contribution in [0.15, 0.2) is 84.9 Å². The van der Waals surface area contributed by atoms with Gasteiger partial charge >= 0.3 is 6.01 Å². The van der Waals surface area contributed by atoms with E-state index in [2.05, 4.69) is 96.1 Å². The Bertz CT molecular complexity index is 2390. The molecule has 9 rings (SSSR count). The standard InChI is InChI=1S/C52H66FN5O5Si/c1-7-42-44(53)21-20-37-30-39(62-36-60-6)31-46(47(37)42)56-29-23-43-45(32-56)54-49(55-48(43)57-27-14-24-51(5,59)34-57)61-35-52-25-15-28-58(52)38(22-26-52)33-63-64(50(2,3)4,40-16-10-8-11-17-40)41-18-12-9-13-19-41/h8-13,16-21,30-31,38,59H,7,14-15,22-29,32-36H2,1-6H3/t38-,51+,52+/m0/s1. The molecule has 64 heavy (non-hydrogen) atoms. The number of fused-ring (bicyclic) bond motifs is 3. The van der Waals surface area contributed by atoms with Crippen LogP contribution in [0.25, 0.3) is 10.8 Å². The summed E-state index contributed by atoms with van der Waals surface area (Å²) in [5.41, 5.74) is 2.62. The van der Waals surface area contributed by atoms with Gasteiger partial charge in [0.25, 0.3) is 8.32 Å². The van der Waals surface area contributed by atoms with Crippen LogP contribution in [0.2, 0.25) is 5.04 Å². The fourth-order valence-corrected chi connectivity index (χ4v) is 16.2. The smallest absolute Gasteiger partial charge is 0.318 e. The zero-order chi connectivity index (χ0) is 44.7. The molecule has 3 fully saturated rings. The summed E-state index contributed by atoms with van der Waals surface area (Å²) in [6, 6.07) is 29.8. The number of aromatic nitrogens is 2. The van der Waals surface area contributed by atoms with Gasteiger partial charge in [-0.15, -0.1) is 0 Å². The summed E-state index contributed by atoms with van der Waals surface area (Å²) in [6.07, 6.45) is 7.08. The van der Waals surface area contributed by atoms with Crippen molar-refractivity contribution in [1.29, 1.82) is 0 Å². The van der Waals surface area contributed by atoms with Crippen molar-refractivity contribution in [1.82, 2.24) is 14.9 Å². The van der Waals surface area contributed by atoms with Crippen molar-refractivity contribution in [2.24, 2.45) is 0 Å². The van der Waals surface area contributed by atoms with Gasteiger partial charge in [-0.3, -0.25) is 4.90 Å². The molecule has 0 radical (unpaired) electrons.